The number of likely N-dealkylation sites (N-methyl/N-ethyl adjacent to an activating group) is 1. The minimum atomic E-state index is -0.324. The molecular formula is C9H18N2O2. The first-order valence-electron chi connectivity index (χ1n) is 4.36. The van der Waals surface area contributed by atoms with Crippen molar-refractivity contribution in [3.63, 3.8) is 0 Å². The van der Waals surface area contributed by atoms with Crippen LogP contribution in [0, 0.1) is 0 Å². The molecule has 0 saturated carbocycles. The summed E-state index contributed by atoms with van der Waals surface area (Å²) in [6.45, 7) is 7.98. The molecule has 0 aliphatic heterocycles. The maximum absolute atomic E-state index is 10.9. The molecule has 0 aliphatic carbocycles. The minimum Gasteiger partial charge on any atom is -0.461 e. The predicted octanol–water partition coefficient (Wildman–Crippen LogP) is -0.0853. The monoisotopic (exact) mass is 186 g/mol. The molecule has 13 heavy (non-hydrogen) atoms. The van der Waals surface area contributed by atoms with E-state index in [9.17, 15) is 4.79 Å². The molecule has 0 aromatic rings. The molecule has 0 aromatic carbocycles. The highest BCUT2D eigenvalue weighted by molar-refractivity contribution is 5.86. The third-order valence-corrected chi connectivity index (χ3v) is 1.41. The second-order valence-corrected chi connectivity index (χ2v) is 2.77. The number of hydrogen-bond donors (Lipinski definition) is 2. The van der Waals surface area contributed by atoms with Crippen LogP contribution in [-0.4, -0.2) is 39.3 Å². The highest BCUT2D eigenvalue weighted by Gasteiger charge is 2.00. The van der Waals surface area contributed by atoms with E-state index in [1.54, 1.807) is 6.92 Å². The molecule has 0 bridgehead atoms. The van der Waals surface area contributed by atoms with E-state index in [0.29, 0.717) is 18.7 Å². The van der Waals surface area contributed by atoms with Crippen molar-refractivity contribution in [2.75, 3.05) is 33.3 Å². The highest BCUT2D eigenvalue weighted by Crippen LogP contribution is 1.90. The summed E-state index contributed by atoms with van der Waals surface area (Å²) in [5, 5.41) is 6.11. The van der Waals surface area contributed by atoms with Gasteiger partial charge in [0.15, 0.2) is 0 Å². The summed E-state index contributed by atoms with van der Waals surface area (Å²) in [7, 11) is 1.89. The van der Waals surface area contributed by atoms with Crippen LogP contribution in [0.25, 0.3) is 0 Å². The van der Waals surface area contributed by atoms with E-state index in [2.05, 4.69) is 17.2 Å². The molecule has 0 heterocycles. The van der Waals surface area contributed by atoms with Crippen molar-refractivity contribution < 1.29 is 9.53 Å². The highest BCUT2D eigenvalue weighted by atomic mass is 16.5. The molecule has 0 radical (unpaired) electrons. The number of esters is 1. The lowest BCUT2D eigenvalue weighted by Crippen LogP contribution is -2.28. The summed E-state index contributed by atoms with van der Waals surface area (Å²) in [5.74, 6) is -0.324. The average Bonchev–Trinajstić information content (AvgIpc) is 2.10. The second kappa shape index (κ2) is 7.76. The van der Waals surface area contributed by atoms with Crippen LogP contribution >= 0.6 is 0 Å². The van der Waals surface area contributed by atoms with Crippen LogP contribution in [0.4, 0.5) is 0 Å². The molecule has 0 amide bonds. The second-order valence-electron chi connectivity index (χ2n) is 2.77. The van der Waals surface area contributed by atoms with E-state index in [0.717, 1.165) is 13.1 Å². The zero-order valence-corrected chi connectivity index (χ0v) is 8.35. The van der Waals surface area contributed by atoms with E-state index >= 15 is 0 Å². The van der Waals surface area contributed by atoms with E-state index in [1.807, 2.05) is 7.05 Å². The molecule has 0 spiro atoms. The van der Waals surface area contributed by atoms with Gasteiger partial charge in [0, 0.05) is 25.2 Å². The minimum absolute atomic E-state index is 0.324. The predicted molar refractivity (Wildman–Crippen MR) is 52.6 cm³/mol. The van der Waals surface area contributed by atoms with Gasteiger partial charge in [0.1, 0.15) is 6.61 Å². The molecule has 0 aromatic heterocycles. The van der Waals surface area contributed by atoms with Crippen LogP contribution in [0.1, 0.15) is 6.92 Å². The lowest BCUT2D eigenvalue weighted by atomic mass is 10.4. The van der Waals surface area contributed by atoms with Crippen LogP contribution in [0.15, 0.2) is 12.2 Å². The molecule has 0 rings (SSSR count). The van der Waals surface area contributed by atoms with Crippen LogP contribution < -0.4 is 10.6 Å². The van der Waals surface area contributed by atoms with E-state index in [-0.39, 0.29) is 5.97 Å². The number of hydrogen-bond acceptors (Lipinski definition) is 4. The Kier molecular flexibility index (Phi) is 7.24. The molecule has 0 fully saturated rings. The molecule has 0 unspecified atom stereocenters. The number of ether oxygens (including phenoxy) is 1. The fourth-order valence-electron chi connectivity index (χ4n) is 0.677. The topological polar surface area (TPSA) is 50.4 Å². The number of carbonyl (C=O) groups is 1. The SMILES string of the molecule is C=C(C)C(=O)OCCNCCNC. The first kappa shape index (κ1) is 12.1. The Morgan fingerprint density at radius 1 is 1.38 bits per heavy atom. The first-order valence-corrected chi connectivity index (χ1v) is 4.36. The summed E-state index contributed by atoms with van der Waals surface area (Å²) < 4.78 is 4.86. The van der Waals surface area contributed by atoms with Gasteiger partial charge in [0.25, 0.3) is 0 Å². The third kappa shape index (κ3) is 7.49. The Balaban J connectivity index is 3.16. The van der Waals surface area contributed by atoms with E-state index in [4.69, 9.17) is 4.74 Å². The Morgan fingerprint density at radius 2 is 2.08 bits per heavy atom. The van der Waals surface area contributed by atoms with Gasteiger partial charge in [-0.3, -0.25) is 0 Å². The maximum atomic E-state index is 10.9. The van der Waals surface area contributed by atoms with Gasteiger partial charge < -0.3 is 15.4 Å². The van der Waals surface area contributed by atoms with E-state index in [1.165, 1.54) is 0 Å². The van der Waals surface area contributed by atoms with Crippen LogP contribution in [0.5, 0.6) is 0 Å². The standard InChI is InChI=1S/C9H18N2O2/c1-8(2)9(12)13-7-6-11-5-4-10-3/h10-11H,1,4-7H2,2-3H3. The molecular weight excluding hydrogens is 168 g/mol. The van der Waals surface area contributed by atoms with Gasteiger partial charge in [-0.25, -0.2) is 4.79 Å². The van der Waals surface area contributed by atoms with Gasteiger partial charge in [-0.1, -0.05) is 6.58 Å². The summed E-state index contributed by atoms with van der Waals surface area (Å²) in [4.78, 5) is 10.9. The smallest absolute Gasteiger partial charge is 0.333 e. The molecule has 2 N–H and O–H groups in total. The first-order chi connectivity index (χ1) is 6.18. The normalized spacial score (nSPS) is 9.69. The fourth-order valence-corrected chi connectivity index (χ4v) is 0.677. The Morgan fingerprint density at radius 3 is 2.62 bits per heavy atom. The van der Waals surface area contributed by atoms with Crippen molar-refractivity contribution in [1.82, 2.24) is 10.6 Å². The maximum Gasteiger partial charge on any atom is 0.333 e. The van der Waals surface area contributed by atoms with Crippen molar-refractivity contribution in [3.05, 3.63) is 12.2 Å². The van der Waals surface area contributed by atoms with E-state index < -0.39 is 0 Å². The molecule has 0 saturated heterocycles. The largest absolute Gasteiger partial charge is 0.461 e. The van der Waals surface area contributed by atoms with Crippen molar-refractivity contribution in [3.8, 4) is 0 Å². The quantitative estimate of drug-likeness (QED) is 0.331. The number of nitrogens with one attached hydrogen (secondary N) is 2. The van der Waals surface area contributed by atoms with Crippen molar-refractivity contribution >= 4 is 5.97 Å². The van der Waals surface area contributed by atoms with Gasteiger partial charge in [-0.2, -0.15) is 0 Å². The zero-order chi connectivity index (χ0) is 10.1. The molecule has 76 valence electrons. The van der Waals surface area contributed by atoms with Gasteiger partial charge in [0.05, 0.1) is 0 Å². The zero-order valence-electron chi connectivity index (χ0n) is 8.35. The van der Waals surface area contributed by atoms with Crippen LogP contribution in [0.3, 0.4) is 0 Å². The molecule has 0 aliphatic rings. The van der Waals surface area contributed by atoms with Crippen LogP contribution in [-0.2, 0) is 9.53 Å². The molecule has 4 heteroatoms. The summed E-state index contributed by atoms with van der Waals surface area (Å²) in [6.07, 6.45) is 0. The average molecular weight is 186 g/mol. The summed E-state index contributed by atoms with van der Waals surface area (Å²) in [5.41, 5.74) is 0.440. The van der Waals surface area contributed by atoms with Gasteiger partial charge in [-0.15, -0.1) is 0 Å². The Hall–Kier alpha value is -0.870. The van der Waals surface area contributed by atoms with Crippen molar-refractivity contribution in [2.45, 2.75) is 6.92 Å². The van der Waals surface area contributed by atoms with Crippen molar-refractivity contribution in [1.29, 1.82) is 0 Å². The lowest BCUT2D eigenvalue weighted by Gasteiger charge is -2.05. The Labute approximate surface area is 79.3 Å². The Bertz CT molecular complexity index is 169. The molecule has 4 nitrogen and oxygen atoms in total. The summed E-state index contributed by atoms with van der Waals surface area (Å²) >= 11 is 0. The molecule has 0 atom stereocenters. The van der Waals surface area contributed by atoms with Crippen LogP contribution in [0.2, 0.25) is 0 Å². The van der Waals surface area contributed by atoms with Crippen molar-refractivity contribution in [2.24, 2.45) is 0 Å². The third-order valence-electron chi connectivity index (χ3n) is 1.41. The van der Waals surface area contributed by atoms with Gasteiger partial charge >= 0.3 is 5.97 Å². The fraction of sp³-hybridized carbons (Fsp3) is 0.667. The van der Waals surface area contributed by atoms with Gasteiger partial charge in [-0.05, 0) is 14.0 Å². The van der Waals surface area contributed by atoms with Gasteiger partial charge in [0.2, 0.25) is 0 Å². The number of rotatable bonds is 7. The summed E-state index contributed by atoms with van der Waals surface area (Å²) in [6, 6.07) is 0. The number of carbonyl (C=O) groups excluding carboxylic acids is 1. The lowest BCUT2D eigenvalue weighted by molar-refractivity contribution is -0.138.